The Hall–Kier alpha value is -1.84. The molecular weight excluding hydrogens is 224 g/mol. The summed E-state index contributed by atoms with van der Waals surface area (Å²) in [5.41, 5.74) is 8.35. The Morgan fingerprint density at radius 3 is 2.78 bits per heavy atom. The number of hydrogen-bond acceptors (Lipinski definition) is 2. The number of aromatic nitrogens is 2. The second-order valence-corrected chi connectivity index (χ2v) is 5.13. The molecule has 4 nitrogen and oxygen atoms in total. The molecule has 2 aromatic rings. The maximum Gasteiger partial charge on any atom is 0.122 e. The predicted octanol–water partition coefficient (Wildman–Crippen LogP) is 2.51. The number of benzene rings is 1. The summed E-state index contributed by atoms with van der Waals surface area (Å²) in [5, 5.41) is 7.48. The Kier molecular flexibility index (Phi) is 2.58. The molecule has 1 fully saturated rings. The minimum absolute atomic E-state index is 0.102. The summed E-state index contributed by atoms with van der Waals surface area (Å²) >= 11 is 0. The van der Waals surface area contributed by atoms with Crippen molar-refractivity contribution in [3.8, 4) is 0 Å². The predicted molar refractivity (Wildman–Crippen MR) is 72.9 cm³/mol. The molecule has 1 aliphatic carbocycles. The number of nitrogen functional groups attached to an aromatic ring is 1. The molecule has 0 atom stereocenters. The van der Waals surface area contributed by atoms with Crippen molar-refractivity contribution in [3.63, 3.8) is 0 Å². The lowest BCUT2D eigenvalue weighted by Crippen LogP contribution is -2.10. The van der Waals surface area contributed by atoms with Gasteiger partial charge in [-0.3, -0.25) is 5.41 Å². The van der Waals surface area contributed by atoms with Crippen molar-refractivity contribution in [1.82, 2.24) is 9.55 Å². The van der Waals surface area contributed by atoms with Gasteiger partial charge >= 0.3 is 0 Å². The SMILES string of the molecule is Cn1c(C2CCCC2)nc2cc(C(=N)N)ccc21. The molecule has 3 rings (SSSR count). The molecule has 0 saturated heterocycles. The summed E-state index contributed by atoms with van der Waals surface area (Å²) in [7, 11) is 2.08. The van der Waals surface area contributed by atoms with E-state index in [1.165, 1.54) is 31.5 Å². The van der Waals surface area contributed by atoms with Crippen LogP contribution in [0.3, 0.4) is 0 Å². The van der Waals surface area contributed by atoms with E-state index < -0.39 is 0 Å². The second kappa shape index (κ2) is 4.12. The highest BCUT2D eigenvalue weighted by molar-refractivity contribution is 5.98. The molecule has 0 aliphatic heterocycles. The zero-order valence-electron chi connectivity index (χ0n) is 10.6. The summed E-state index contributed by atoms with van der Waals surface area (Å²) in [6.07, 6.45) is 5.12. The topological polar surface area (TPSA) is 67.7 Å². The molecule has 0 spiro atoms. The van der Waals surface area contributed by atoms with Crippen molar-refractivity contribution in [1.29, 1.82) is 5.41 Å². The van der Waals surface area contributed by atoms with Gasteiger partial charge in [0.2, 0.25) is 0 Å². The molecule has 94 valence electrons. The first-order valence-corrected chi connectivity index (χ1v) is 6.47. The molecule has 3 N–H and O–H groups in total. The molecule has 0 bridgehead atoms. The second-order valence-electron chi connectivity index (χ2n) is 5.13. The van der Waals surface area contributed by atoms with Crippen molar-refractivity contribution in [2.75, 3.05) is 0 Å². The molecular formula is C14H18N4. The average Bonchev–Trinajstić information content (AvgIpc) is 2.97. The van der Waals surface area contributed by atoms with Crippen molar-refractivity contribution in [3.05, 3.63) is 29.6 Å². The van der Waals surface area contributed by atoms with E-state index >= 15 is 0 Å². The average molecular weight is 242 g/mol. The molecule has 1 heterocycles. The van der Waals surface area contributed by atoms with Crippen LogP contribution in [-0.4, -0.2) is 15.4 Å². The Morgan fingerprint density at radius 1 is 1.39 bits per heavy atom. The minimum atomic E-state index is 0.102. The molecule has 1 saturated carbocycles. The van der Waals surface area contributed by atoms with Gasteiger partial charge in [0.1, 0.15) is 11.7 Å². The van der Waals surface area contributed by atoms with Crippen LogP contribution in [0.15, 0.2) is 18.2 Å². The standard InChI is InChI=1S/C14H18N4/c1-18-12-7-6-10(13(15)16)8-11(12)17-14(18)9-4-2-3-5-9/h6-9H,2-5H2,1H3,(H3,15,16). The number of fused-ring (bicyclic) bond motifs is 1. The van der Waals surface area contributed by atoms with E-state index in [4.69, 9.17) is 16.1 Å². The van der Waals surface area contributed by atoms with Gasteiger partial charge in [-0.15, -0.1) is 0 Å². The number of amidine groups is 1. The Bertz CT molecular complexity index is 606. The summed E-state index contributed by atoms with van der Waals surface area (Å²) in [6, 6.07) is 5.82. The number of nitrogens with two attached hydrogens (primary N) is 1. The normalized spacial score (nSPS) is 16.5. The molecule has 1 aliphatic rings. The maximum atomic E-state index is 7.48. The Labute approximate surface area is 106 Å². The summed E-state index contributed by atoms with van der Waals surface area (Å²) in [4.78, 5) is 4.75. The van der Waals surface area contributed by atoms with E-state index in [0.29, 0.717) is 5.92 Å². The third kappa shape index (κ3) is 1.68. The quantitative estimate of drug-likeness (QED) is 0.627. The van der Waals surface area contributed by atoms with Crippen LogP contribution in [0.25, 0.3) is 11.0 Å². The van der Waals surface area contributed by atoms with E-state index in [9.17, 15) is 0 Å². The molecule has 0 unspecified atom stereocenters. The first-order chi connectivity index (χ1) is 8.66. The molecule has 1 aromatic carbocycles. The van der Waals surface area contributed by atoms with Gasteiger partial charge in [-0.05, 0) is 31.0 Å². The van der Waals surface area contributed by atoms with Crippen LogP contribution < -0.4 is 5.73 Å². The van der Waals surface area contributed by atoms with Crippen LogP contribution in [0.5, 0.6) is 0 Å². The van der Waals surface area contributed by atoms with Crippen LogP contribution >= 0.6 is 0 Å². The van der Waals surface area contributed by atoms with E-state index in [0.717, 1.165) is 16.6 Å². The summed E-state index contributed by atoms with van der Waals surface area (Å²) in [6.45, 7) is 0. The molecule has 1 aromatic heterocycles. The smallest absolute Gasteiger partial charge is 0.122 e. The fourth-order valence-electron chi connectivity index (χ4n) is 2.94. The van der Waals surface area contributed by atoms with Crippen molar-refractivity contribution in [2.45, 2.75) is 31.6 Å². The van der Waals surface area contributed by atoms with Crippen LogP contribution in [0, 0.1) is 5.41 Å². The van der Waals surface area contributed by atoms with Gasteiger partial charge in [-0.1, -0.05) is 12.8 Å². The van der Waals surface area contributed by atoms with Crippen molar-refractivity contribution >= 4 is 16.9 Å². The molecule has 0 amide bonds. The summed E-state index contributed by atoms with van der Waals surface area (Å²) < 4.78 is 2.19. The highest BCUT2D eigenvalue weighted by Gasteiger charge is 2.22. The minimum Gasteiger partial charge on any atom is -0.384 e. The zero-order chi connectivity index (χ0) is 12.7. The van der Waals surface area contributed by atoms with E-state index in [2.05, 4.69) is 11.6 Å². The van der Waals surface area contributed by atoms with Crippen LogP contribution in [0.2, 0.25) is 0 Å². The van der Waals surface area contributed by atoms with E-state index in [1.807, 2.05) is 18.2 Å². The number of aryl methyl sites for hydroxylation is 1. The molecule has 4 heteroatoms. The zero-order valence-corrected chi connectivity index (χ0v) is 10.6. The number of rotatable bonds is 2. The maximum absolute atomic E-state index is 7.48. The summed E-state index contributed by atoms with van der Waals surface area (Å²) in [5.74, 6) is 1.89. The third-order valence-electron chi connectivity index (χ3n) is 3.95. The van der Waals surface area contributed by atoms with Gasteiger partial charge in [-0.2, -0.15) is 0 Å². The van der Waals surface area contributed by atoms with Gasteiger partial charge in [0.05, 0.1) is 11.0 Å². The largest absolute Gasteiger partial charge is 0.384 e. The van der Waals surface area contributed by atoms with Gasteiger partial charge in [0, 0.05) is 18.5 Å². The molecule has 18 heavy (non-hydrogen) atoms. The Morgan fingerprint density at radius 2 is 2.11 bits per heavy atom. The Balaban J connectivity index is 2.11. The lowest BCUT2D eigenvalue weighted by atomic mass is 10.1. The number of nitrogens with zero attached hydrogens (tertiary/aromatic N) is 2. The van der Waals surface area contributed by atoms with E-state index in [-0.39, 0.29) is 5.84 Å². The fourth-order valence-corrected chi connectivity index (χ4v) is 2.94. The number of nitrogens with one attached hydrogen (secondary N) is 1. The molecule has 0 radical (unpaired) electrons. The fraction of sp³-hybridized carbons (Fsp3) is 0.429. The van der Waals surface area contributed by atoms with Gasteiger partial charge in [0.15, 0.2) is 0 Å². The highest BCUT2D eigenvalue weighted by atomic mass is 15.1. The number of hydrogen-bond donors (Lipinski definition) is 2. The third-order valence-corrected chi connectivity index (χ3v) is 3.95. The first kappa shape index (κ1) is 11.3. The van der Waals surface area contributed by atoms with Crippen molar-refractivity contribution in [2.24, 2.45) is 12.8 Å². The van der Waals surface area contributed by atoms with Crippen molar-refractivity contribution < 1.29 is 0 Å². The highest BCUT2D eigenvalue weighted by Crippen LogP contribution is 2.34. The van der Waals surface area contributed by atoms with Crippen LogP contribution in [0.4, 0.5) is 0 Å². The van der Waals surface area contributed by atoms with Gasteiger partial charge < -0.3 is 10.3 Å². The first-order valence-electron chi connectivity index (χ1n) is 6.47. The van der Waals surface area contributed by atoms with Crippen LogP contribution in [-0.2, 0) is 7.05 Å². The lowest BCUT2D eigenvalue weighted by molar-refractivity contribution is 0.639. The van der Waals surface area contributed by atoms with Gasteiger partial charge in [-0.25, -0.2) is 4.98 Å². The lowest BCUT2D eigenvalue weighted by Gasteiger charge is -2.08. The van der Waals surface area contributed by atoms with Crippen LogP contribution in [0.1, 0.15) is 43.0 Å². The monoisotopic (exact) mass is 242 g/mol. The van der Waals surface area contributed by atoms with Gasteiger partial charge in [0.25, 0.3) is 0 Å². The number of imidazole rings is 1. The van der Waals surface area contributed by atoms with E-state index in [1.54, 1.807) is 0 Å².